The number of benzene rings is 2. The van der Waals surface area contributed by atoms with Crippen LogP contribution in [0.3, 0.4) is 0 Å². The Hall–Kier alpha value is -2.76. The first-order valence-corrected chi connectivity index (χ1v) is 8.37. The summed E-state index contributed by atoms with van der Waals surface area (Å²) < 4.78 is 5.11. The number of halogens is 2. The molecule has 0 aliphatic heterocycles. The van der Waals surface area contributed by atoms with E-state index in [1.807, 2.05) is 12.1 Å². The van der Waals surface area contributed by atoms with Crippen LogP contribution < -0.4 is 15.9 Å². The second-order valence-electron chi connectivity index (χ2n) is 5.41. The molecule has 0 amide bonds. The fraction of sp³-hybridized carbons (Fsp3) is 0.0526. The zero-order valence-electron chi connectivity index (χ0n) is 13.7. The summed E-state index contributed by atoms with van der Waals surface area (Å²) >= 11 is 11.5. The minimum atomic E-state index is -0.164. The summed E-state index contributed by atoms with van der Waals surface area (Å²) in [5.74, 6) is 0.635. The highest BCUT2D eigenvalue weighted by Gasteiger charge is 2.04. The molecule has 0 radical (unpaired) electrons. The molecule has 5 nitrogen and oxygen atoms in total. The molecule has 0 bridgehead atoms. The van der Waals surface area contributed by atoms with Gasteiger partial charge in [0.1, 0.15) is 5.75 Å². The summed E-state index contributed by atoms with van der Waals surface area (Å²) in [6.07, 6.45) is 3.16. The molecule has 0 saturated heterocycles. The van der Waals surface area contributed by atoms with Crippen LogP contribution in [0, 0.1) is 0 Å². The molecule has 2 N–H and O–H groups in total. The molecule has 0 fully saturated rings. The maximum absolute atomic E-state index is 11.4. The SMILES string of the molecule is COc1c[nH]c(=O)c2cc(Cl)ccc12.O=c1[nH]ccc2ccc(Cl)cc12. The topological polar surface area (TPSA) is 75.0 Å². The smallest absolute Gasteiger partial charge is 0.256 e. The lowest BCUT2D eigenvalue weighted by Crippen LogP contribution is -2.05. The number of rotatable bonds is 1. The molecule has 26 heavy (non-hydrogen) atoms. The van der Waals surface area contributed by atoms with Crippen molar-refractivity contribution in [2.75, 3.05) is 7.11 Å². The minimum absolute atomic E-state index is 0.102. The number of aromatic nitrogens is 2. The van der Waals surface area contributed by atoms with Gasteiger partial charge < -0.3 is 14.7 Å². The Kier molecular flexibility index (Phi) is 5.30. The van der Waals surface area contributed by atoms with Crippen LogP contribution in [-0.2, 0) is 0 Å². The van der Waals surface area contributed by atoms with E-state index < -0.39 is 0 Å². The Morgan fingerprint density at radius 1 is 0.808 bits per heavy atom. The number of H-pyrrole nitrogens is 2. The molecule has 4 rings (SSSR count). The molecule has 4 aromatic rings. The Labute approximate surface area is 158 Å². The third kappa shape index (κ3) is 3.74. The number of pyridine rings is 2. The van der Waals surface area contributed by atoms with Gasteiger partial charge in [0.25, 0.3) is 11.1 Å². The number of fused-ring (bicyclic) bond motifs is 2. The average Bonchev–Trinajstić information content (AvgIpc) is 2.64. The lowest BCUT2D eigenvalue weighted by atomic mass is 10.1. The molecule has 7 heteroatoms. The van der Waals surface area contributed by atoms with Crippen molar-refractivity contribution >= 4 is 44.7 Å². The van der Waals surface area contributed by atoms with Gasteiger partial charge in [-0.1, -0.05) is 29.3 Å². The molecule has 2 aromatic carbocycles. The highest BCUT2D eigenvalue weighted by atomic mass is 35.5. The van der Waals surface area contributed by atoms with E-state index in [0.29, 0.717) is 26.6 Å². The normalized spacial score (nSPS) is 10.4. The van der Waals surface area contributed by atoms with E-state index in [9.17, 15) is 9.59 Å². The maximum Gasteiger partial charge on any atom is 0.256 e. The van der Waals surface area contributed by atoms with Gasteiger partial charge in [0.2, 0.25) is 0 Å². The third-order valence-corrected chi connectivity index (χ3v) is 4.25. The summed E-state index contributed by atoms with van der Waals surface area (Å²) in [5.41, 5.74) is -0.265. The highest BCUT2D eigenvalue weighted by molar-refractivity contribution is 6.31. The number of nitrogens with one attached hydrogen (secondary N) is 2. The van der Waals surface area contributed by atoms with Gasteiger partial charge in [0.05, 0.1) is 12.5 Å². The Bertz CT molecular complexity index is 1200. The molecule has 2 aromatic heterocycles. The fourth-order valence-corrected chi connectivity index (χ4v) is 2.87. The molecule has 0 atom stereocenters. The van der Waals surface area contributed by atoms with Crippen LogP contribution in [0.25, 0.3) is 21.5 Å². The van der Waals surface area contributed by atoms with Gasteiger partial charge in [-0.2, -0.15) is 0 Å². The zero-order valence-corrected chi connectivity index (χ0v) is 15.2. The first kappa shape index (κ1) is 18.0. The second-order valence-corrected chi connectivity index (χ2v) is 6.29. The molecule has 0 aliphatic carbocycles. The zero-order chi connectivity index (χ0) is 18.7. The molecular formula is C19H14Cl2N2O3. The van der Waals surface area contributed by atoms with Crippen LogP contribution in [0.2, 0.25) is 10.0 Å². The minimum Gasteiger partial charge on any atom is -0.495 e. The van der Waals surface area contributed by atoms with E-state index in [1.54, 1.807) is 49.8 Å². The Morgan fingerprint density at radius 3 is 2.19 bits per heavy atom. The molecule has 0 aliphatic rings. The van der Waals surface area contributed by atoms with E-state index in [0.717, 1.165) is 10.8 Å². The van der Waals surface area contributed by atoms with Crippen molar-refractivity contribution in [3.63, 3.8) is 0 Å². The molecule has 0 spiro atoms. The van der Waals surface area contributed by atoms with E-state index in [1.165, 1.54) is 0 Å². The summed E-state index contributed by atoms with van der Waals surface area (Å²) in [5, 5.41) is 3.96. The first-order chi connectivity index (χ1) is 12.5. The van der Waals surface area contributed by atoms with Gasteiger partial charge in [-0.25, -0.2) is 0 Å². The second kappa shape index (κ2) is 7.64. The van der Waals surface area contributed by atoms with Gasteiger partial charge in [-0.3, -0.25) is 9.59 Å². The van der Waals surface area contributed by atoms with Crippen molar-refractivity contribution in [3.05, 3.63) is 85.6 Å². The monoisotopic (exact) mass is 388 g/mol. The lowest BCUT2D eigenvalue weighted by Gasteiger charge is -2.03. The van der Waals surface area contributed by atoms with E-state index in [4.69, 9.17) is 27.9 Å². The van der Waals surface area contributed by atoms with Gasteiger partial charge in [0.15, 0.2) is 0 Å². The van der Waals surface area contributed by atoms with E-state index >= 15 is 0 Å². The van der Waals surface area contributed by atoms with Crippen LogP contribution in [-0.4, -0.2) is 17.1 Å². The number of hydrogen-bond acceptors (Lipinski definition) is 3. The molecule has 2 heterocycles. The summed E-state index contributed by atoms with van der Waals surface area (Å²) in [6, 6.07) is 12.2. The van der Waals surface area contributed by atoms with Crippen LogP contribution in [0.1, 0.15) is 0 Å². The van der Waals surface area contributed by atoms with Crippen molar-refractivity contribution in [3.8, 4) is 5.75 Å². The fourth-order valence-electron chi connectivity index (χ4n) is 2.53. The maximum atomic E-state index is 11.4. The van der Waals surface area contributed by atoms with E-state index in [2.05, 4.69) is 9.97 Å². The molecule has 132 valence electrons. The standard InChI is InChI=1S/C10H8ClNO2.C9H6ClNO/c1-14-9-5-12-10(13)8-4-6(11)2-3-7(8)9;10-7-2-1-6-3-4-11-9(12)8(6)5-7/h2-5H,1H3,(H,12,13);1-5H,(H,11,12). The molecule has 0 saturated carbocycles. The van der Waals surface area contributed by atoms with Crippen molar-refractivity contribution < 1.29 is 4.74 Å². The quantitative estimate of drug-likeness (QED) is 0.508. The van der Waals surface area contributed by atoms with Gasteiger partial charge in [0, 0.05) is 33.2 Å². The average molecular weight is 389 g/mol. The third-order valence-electron chi connectivity index (χ3n) is 3.78. The highest BCUT2D eigenvalue weighted by Crippen LogP contribution is 2.24. The summed E-state index contributed by atoms with van der Waals surface area (Å²) in [6.45, 7) is 0. The van der Waals surface area contributed by atoms with Crippen LogP contribution in [0.4, 0.5) is 0 Å². The lowest BCUT2D eigenvalue weighted by molar-refractivity contribution is 0.418. The largest absolute Gasteiger partial charge is 0.495 e. The number of hydrogen-bond donors (Lipinski definition) is 2. The predicted molar refractivity (Wildman–Crippen MR) is 106 cm³/mol. The number of methoxy groups -OCH3 is 1. The van der Waals surface area contributed by atoms with Crippen molar-refractivity contribution in [2.45, 2.75) is 0 Å². The molecule has 0 unspecified atom stereocenters. The summed E-state index contributed by atoms with van der Waals surface area (Å²) in [7, 11) is 1.56. The van der Waals surface area contributed by atoms with E-state index in [-0.39, 0.29) is 11.1 Å². The van der Waals surface area contributed by atoms with Gasteiger partial charge in [-0.05, 0) is 41.8 Å². The van der Waals surface area contributed by atoms with Crippen LogP contribution in [0.15, 0.2) is 64.4 Å². The molecular weight excluding hydrogens is 375 g/mol. The van der Waals surface area contributed by atoms with Crippen molar-refractivity contribution in [1.82, 2.24) is 9.97 Å². The van der Waals surface area contributed by atoms with Crippen molar-refractivity contribution in [2.24, 2.45) is 0 Å². The Morgan fingerprint density at radius 2 is 1.46 bits per heavy atom. The van der Waals surface area contributed by atoms with Crippen molar-refractivity contribution in [1.29, 1.82) is 0 Å². The predicted octanol–water partition coefficient (Wildman–Crippen LogP) is 4.37. The first-order valence-electron chi connectivity index (χ1n) is 7.61. The van der Waals surface area contributed by atoms with Gasteiger partial charge in [-0.15, -0.1) is 0 Å². The van der Waals surface area contributed by atoms with Gasteiger partial charge >= 0.3 is 0 Å². The number of ether oxygens (including phenoxy) is 1. The summed E-state index contributed by atoms with van der Waals surface area (Å²) in [4.78, 5) is 27.8. The Balaban J connectivity index is 0.000000152. The number of aromatic amines is 2. The van der Waals surface area contributed by atoms with Crippen LogP contribution in [0.5, 0.6) is 5.75 Å². The van der Waals surface area contributed by atoms with Crippen LogP contribution >= 0.6 is 23.2 Å².